The van der Waals surface area contributed by atoms with Gasteiger partial charge in [0.25, 0.3) is 5.56 Å². The first-order valence-electron chi connectivity index (χ1n) is 14.1. The van der Waals surface area contributed by atoms with Crippen LogP contribution in [0.15, 0.2) is 53.5 Å². The van der Waals surface area contributed by atoms with Gasteiger partial charge in [-0.2, -0.15) is 10.1 Å². The highest BCUT2D eigenvalue weighted by molar-refractivity contribution is 5.89. The lowest BCUT2D eigenvalue weighted by Gasteiger charge is -2.18. The fourth-order valence-corrected chi connectivity index (χ4v) is 5.65. The van der Waals surface area contributed by atoms with Gasteiger partial charge in [-0.05, 0) is 37.5 Å². The zero-order valence-electron chi connectivity index (χ0n) is 23.4. The van der Waals surface area contributed by atoms with Crippen LogP contribution in [0.2, 0.25) is 0 Å². The van der Waals surface area contributed by atoms with E-state index in [1.807, 2.05) is 47.0 Å². The summed E-state index contributed by atoms with van der Waals surface area (Å²) in [5, 5.41) is 14.7. The minimum Gasteiger partial charge on any atom is -0.357 e. The summed E-state index contributed by atoms with van der Waals surface area (Å²) < 4.78 is 3.63. The van der Waals surface area contributed by atoms with E-state index in [1.54, 1.807) is 17.9 Å². The lowest BCUT2D eigenvalue weighted by atomic mass is 9.92. The van der Waals surface area contributed by atoms with E-state index >= 15 is 0 Å². The number of carbonyl (C=O) groups is 1. The van der Waals surface area contributed by atoms with Crippen molar-refractivity contribution in [3.8, 4) is 5.69 Å². The average molecular weight is 541 g/mol. The molecule has 10 heteroatoms. The molecule has 3 heterocycles. The number of anilines is 2. The van der Waals surface area contributed by atoms with E-state index in [2.05, 4.69) is 46.7 Å². The molecule has 208 valence electrons. The molecule has 10 nitrogen and oxygen atoms in total. The third-order valence-corrected chi connectivity index (χ3v) is 7.94. The van der Waals surface area contributed by atoms with Crippen molar-refractivity contribution in [1.29, 1.82) is 0 Å². The van der Waals surface area contributed by atoms with E-state index in [9.17, 15) is 9.59 Å². The highest BCUT2D eigenvalue weighted by Crippen LogP contribution is 2.41. The molecule has 0 saturated heterocycles. The second-order valence-corrected chi connectivity index (χ2v) is 11.9. The lowest BCUT2D eigenvalue weighted by Crippen LogP contribution is -2.33. The molecule has 0 bridgehead atoms. The largest absolute Gasteiger partial charge is 0.357 e. The summed E-state index contributed by atoms with van der Waals surface area (Å²) in [6, 6.07) is 13.3. The molecule has 1 aromatic carbocycles. The minimum absolute atomic E-state index is 0.00756. The van der Waals surface area contributed by atoms with Crippen LogP contribution in [0.5, 0.6) is 0 Å². The monoisotopic (exact) mass is 540 g/mol. The summed E-state index contributed by atoms with van der Waals surface area (Å²) >= 11 is 0. The molecule has 2 aliphatic carbocycles. The number of urea groups is 1. The summed E-state index contributed by atoms with van der Waals surface area (Å²) in [5.74, 6) is 1.04. The van der Waals surface area contributed by atoms with Gasteiger partial charge in [0.2, 0.25) is 5.95 Å². The Balaban J connectivity index is 1.24. The van der Waals surface area contributed by atoms with Crippen LogP contribution in [0.4, 0.5) is 16.6 Å². The topological polar surface area (TPSA) is 119 Å². The predicted octanol–water partition coefficient (Wildman–Crippen LogP) is 5.11. The standard InChI is InChI=1S/C30H36N8O2/c1-30(2,3)24-16-25(38(36-24)20-12-6-5-7-13-20)34-29(40)33-23-15-21(23)22-14-18-17-32-28(31-4)35-26(18)37(27(22)39)19-10-8-9-11-19/h5-7,12-14,16-17,19,21,23H,8-11,15H2,1-4H3,(H,31,32,35)(H2,33,34,40). The molecule has 2 atom stereocenters. The van der Waals surface area contributed by atoms with Gasteiger partial charge in [-0.3, -0.25) is 14.7 Å². The van der Waals surface area contributed by atoms with Crippen LogP contribution in [0, 0.1) is 0 Å². The van der Waals surface area contributed by atoms with Gasteiger partial charge in [0.15, 0.2) is 0 Å². The van der Waals surface area contributed by atoms with E-state index < -0.39 is 0 Å². The molecule has 0 aliphatic heterocycles. The quantitative estimate of drug-likeness (QED) is 0.313. The van der Waals surface area contributed by atoms with E-state index in [4.69, 9.17) is 5.10 Å². The molecule has 2 fully saturated rings. The second-order valence-electron chi connectivity index (χ2n) is 11.9. The molecule has 3 aromatic heterocycles. The Bertz CT molecular complexity index is 1610. The van der Waals surface area contributed by atoms with Crippen molar-refractivity contribution in [1.82, 2.24) is 29.6 Å². The summed E-state index contributed by atoms with van der Waals surface area (Å²) in [6.45, 7) is 6.28. The van der Waals surface area contributed by atoms with E-state index in [0.717, 1.165) is 48.0 Å². The maximum atomic E-state index is 13.8. The third kappa shape index (κ3) is 4.94. The van der Waals surface area contributed by atoms with Crippen molar-refractivity contribution in [3.05, 3.63) is 70.3 Å². The van der Waals surface area contributed by atoms with Gasteiger partial charge in [-0.25, -0.2) is 14.5 Å². The van der Waals surface area contributed by atoms with Crippen molar-refractivity contribution in [2.45, 2.75) is 76.3 Å². The lowest BCUT2D eigenvalue weighted by molar-refractivity contribution is 0.251. The normalized spacial score (nSPS) is 19.1. The molecule has 0 radical (unpaired) electrons. The van der Waals surface area contributed by atoms with Gasteiger partial charge in [0.1, 0.15) is 11.5 Å². The fraction of sp³-hybridized carbons (Fsp3) is 0.433. The molecule has 0 spiro atoms. The maximum Gasteiger partial charge on any atom is 0.320 e. The van der Waals surface area contributed by atoms with Crippen molar-refractivity contribution in [2.75, 3.05) is 17.7 Å². The Morgan fingerprint density at radius 2 is 1.82 bits per heavy atom. The highest BCUT2D eigenvalue weighted by Gasteiger charge is 2.42. The number of nitrogens with zero attached hydrogens (tertiary/aromatic N) is 5. The first-order chi connectivity index (χ1) is 19.2. The molecule has 3 N–H and O–H groups in total. The smallest absolute Gasteiger partial charge is 0.320 e. The second kappa shape index (κ2) is 10.1. The number of nitrogens with one attached hydrogen (secondary N) is 3. The number of hydrogen-bond donors (Lipinski definition) is 3. The van der Waals surface area contributed by atoms with Crippen LogP contribution in [-0.4, -0.2) is 43.4 Å². The molecule has 2 aliphatic rings. The predicted molar refractivity (Wildman–Crippen MR) is 156 cm³/mol. The molecule has 40 heavy (non-hydrogen) atoms. The van der Waals surface area contributed by atoms with Gasteiger partial charge in [0.05, 0.1) is 11.4 Å². The van der Waals surface area contributed by atoms with Gasteiger partial charge in [-0.1, -0.05) is 51.8 Å². The van der Waals surface area contributed by atoms with E-state index in [0.29, 0.717) is 23.8 Å². The molecule has 6 rings (SSSR count). The van der Waals surface area contributed by atoms with Crippen LogP contribution in [0.1, 0.15) is 76.1 Å². The molecule has 2 saturated carbocycles. The highest BCUT2D eigenvalue weighted by atomic mass is 16.2. The number of benzene rings is 1. The van der Waals surface area contributed by atoms with E-state index in [-0.39, 0.29) is 35.0 Å². The van der Waals surface area contributed by atoms with Crippen molar-refractivity contribution in [2.24, 2.45) is 0 Å². The van der Waals surface area contributed by atoms with Crippen LogP contribution < -0.4 is 21.5 Å². The van der Waals surface area contributed by atoms with Gasteiger partial charge in [-0.15, -0.1) is 0 Å². The number of carbonyl (C=O) groups excluding carboxylic acids is 1. The molecule has 2 unspecified atom stereocenters. The third-order valence-electron chi connectivity index (χ3n) is 7.94. The Hall–Kier alpha value is -4.21. The molecule has 2 amide bonds. The Morgan fingerprint density at radius 1 is 1.07 bits per heavy atom. The fourth-order valence-electron chi connectivity index (χ4n) is 5.65. The molecule has 4 aromatic rings. The van der Waals surface area contributed by atoms with Gasteiger partial charge < -0.3 is 10.6 Å². The SMILES string of the molecule is CNc1ncc2cc(C3CC3NC(=O)Nc3cc(C(C)(C)C)nn3-c3ccccc3)c(=O)n(C3CCCC3)c2n1. The van der Waals surface area contributed by atoms with Gasteiger partial charge in [0, 0.05) is 53.7 Å². The van der Waals surface area contributed by atoms with Crippen LogP contribution >= 0.6 is 0 Å². The van der Waals surface area contributed by atoms with E-state index in [1.165, 1.54) is 0 Å². The zero-order valence-corrected chi connectivity index (χ0v) is 23.4. The van der Waals surface area contributed by atoms with Crippen LogP contribution in [0.25, 0.3) is 16.7 Å². The number of fused-ring (bicyclic) bond motifs is 1. The van der Waals surface area contributed by atoms with Crippen LogP contribution in [0.3, 0.4) is 0 Å². The van der Waals surface area contributed by atoms with Crippen molar-refractivity contribution in [3.63, 3.8) is 0 Å². The first-order valence-corrected chi connectivity index (χ1v) is 14.1. The average Bonchev–Trinajstić information content (AvgIpc) is 3.28. The van der Waals surface area contributed by atoms with Gasteiger partial charge >= 0.3 is 6.03 Å². The number of para-hydroxylation sites is 1. The Labute approximate surface area is 233 Å². The number of aromatic nitrogens is 5. The number of hydrogen-bond acceptors (Lipinski definition) is 6. The Kier molecular flexibility index (Phi) is 6.56. The van der Waals surface area contributed by atoms with Crippen molar-refractivity contribution >= 4 is 28.8 Å². The number of rotatable bonds is 6. The zero-order chi connectivity index (χ0) is 28.0. The summed E-state index contributed by atoms with van der Waals surface area (Å²) in [7, 11) is 1.77. The summed E-state index contributed by atoms with van der Waals surface area (Å²) in [5.41, 5.74) is 2.95. The first kappa shape index (κ1) is 26.0. The molecular weight excluding hydrogens is 504 g/mol. The molecular formula is C30H36N8O2. The van der Waals surface area contributed by atoms with Crippen molar-refractivity contribution < 1.29 is 4.79 Å². The Morgan fingerprint density at radius 3 is 2.52 bits per heavy atom. The summed E-state index contributed by atoms with van der Waals surface area (Å²) in [4.78, 5) is 36.0. The number of pyridine rings is 1. The van der Waals surface area contributed by atoms with Crippen LogP contribution in [-0.2, 0) is 5.41 Å². The number of amides is 2. The maximum absolute atomic E-state index is 13.8. The summed E-state index contributed by atoms with van der Waals surface area (Å²) in [6.07, 6.45) is 6.64. The minimum atomic E-state index is -0.316.